The second-order valence-electron chi connectivity index (χ2n) is 7.57. The summed E-state index contributed by atoms with van der Waals surface area (Å²) < 4.78 is 12.3. The van der Waals surface area contributed by atoms with E-state index in [0.29, 0.717) is 18.9 Å². The minimum Gasteiger partial charge on any atom is -0.474 e. The molecular weight excluding hydrogens is 360 g/mol. The molecule has 5 nitrogen and oxygen atoms in total. The Kier molecular flexibility index (Phi) is 5.45. The molecule has 2 saturated heterocycles. The van der Waals surface area contributed by atoms with Gasteiger partial charge in [-0.15, -0.1) is 11.3 Å². The molecule has 4 heterocycles. The first-order chi connectivity index (χ1) is 13.1. The number of rotatable bonds is 4. The second kappa shape index (κ2) is 7.98. The van der Waals surface area contributed by atoms with E-state index in [1.54, 1.807) is 17.5 Å². The second-order valence-corrected chi connectivity index (χ2v) is 8.60. The van der Waals surface area contributed by atoms with E-state index in [4.69, 9.17) is 9.47 Å². The average Bonchev–Trinajstić information content (AvgIpc) is 3.15. The SMILES string of the molecule is Cc1ccnc(OC2CCOC3(CCN(C(=O)Cc4cccs4)CC3)C2)c1. The molecule has 0 bridgehead atoms. The van der Waals surface area contributed by atoms with Crippen LogP contribution in [0.5, 0.6) is 5.88 Å². The number of nitrogens with zero attached hydrogens (tertiary/aromatic N) is 2. The van der Waals surface area contributed by atoms with Gasteiger partial charge < -0.3 is 14.4 Å². The number of ether oxygens (including phenoxy) is 2. The van der Waals surface area contributed by atoms with E-state index in [1.165, 1.54) is 0 Å². The first kappa shape index (κ1) is 18.4. The summed E-state index contributed by atoms with van der Waals surface area (Å²) in [4.78, 5) is 20.0. The molecule has 1 atom stereocenters. The molecule has 1 spiro atoms. The van der Waals surface area contributed by atoms with Crippen molar-refractivity contribution in [1.82, 2.24) is 9.88 Å². The maximum absolute atomic E-state index is 12.5. The summed E-state index contributed by atoms with van der Waals surface area (Å²) in [6.45, 7) is 4.28. The van der Waals surface area contributed by atoms with Gasteiger partial charge in [0.25, 0.3) is 0 Å². The zero-order chi connectivity index (χ0) is 18.7. The molecular formula is C21H26N2O3S. The van der Waals surface area contributed by atoms with Crippen LogP contribution in [0.2, 0.25) is 0 Å². The largest absolute Gasteiger partial charge is 0.474 e. The van der Waals surface area contributed by atoms with Gasteiger partial charge in [-0.3, -0.25) is 4.79 Å². The Balaban J connectivity index is 1.32. The van der Waals surface area contributed by atoms with Gasteiger partial charge in [0.2, 0.25) is 11.8 Å². The lowest BCUT2D eigenvalue weighted by molar-refractivity contribution is -0.151. The smallest absolute Gasteiger partial charge is 0.227 e. The number of likely N-dealkylation sites (tertiary alicyclic amines) is 1. The zero-order valence-corrected chi connectivity index (χ0v) is 16.5. The van der Waals surface area contributed by atoms with Gasteiger partial charge in [0.05, 0.1) is 18.6 Å². The minimum absolute atomic E-state index is 0.126. The molecule has 2 aromatic heterocycles. The number of thiophene rings is 1. The van der Waals surface area contributed by atoms with Crippen molar-refractivity contribution in [2.24, 2.45) is 0 Å². The van der Waals surface area contributed by atoms with Gasteiger partial charge in [-0.1, -0.05) is 6.07 Å². The summed E-state index contributed by atoms with van der Waals surface area (Å²) in [5.41, 5.74) is 0.992. The highest BCUT2D eigenvalue weighted by Crippen LogP contribution is 2.36. The summed E-state index contributed by atoms with van der Waals surface area (Å²) in [6, 6.07) is 7.98. The molecule has 2 aliphatic heterocycles. The molecule has 2 aromatic rings. The highest BCUT2D eigenvalue weighted by atomic mass is 32.1. The van der Waals surface area contributed by atoms with Crippen LogP contribution in [0.1, 0.15) is 36.1 Å². The number of piperidine rings is 1. The molecule has 27 heavy (non-hydrogen) atoms. The van der Waals surface area contributed by atoms with Crippen molar-refractivity contribution in [3.8, 4) is 5.88 Å². The van der Waals surface area contributed by atoms with Crippen molar-refractivity contribution in [1.29, 1.82) is 0 Å². The van der Waals surface area contributed by atoms with E-state index in [0.717, 1.165) is 49.2 Å². The predicted octanol–water partition coefficient (Wildman–Crippen LogP) is 3.61. The fourth-order valence-electron chi connectivity index (χ4n) is 4.01. The maximum Gasteiger partial charge on any atom is 0.227 e. The lowest BCUT2D eigenvalue weighted by atomic mass is 9.83. The minimum atomic E-state index is -0.160. The van der Waals surface area contributed by atoms with Gasteiger partial charge >= 0.3 is 0 Å². The van der Waals surface area contributed by atoms with Gasteiger partial charge in [0.1, 0.15) is 6.10 Å². The van der Waals surface area contributed by atoms with Gasteiger partial charge in [-0.2, -0.15) is 0 Å². The number of aryl methyl sites for hydroxylation is 1. The third-order valence-corrected chi connectivity index (χ3v) is 6.43. The van der Waals surface area contributed by atoms with Crippen molar-refractivity contribution >= 4 is 17.2 Å². The van der Waals surface area contributed by atoms with Crippen LogP contribution in [0.25, 0.3) is 0 Å². The van der Waals surface area contributed by atoms with Crippen molar-refractivity contribution in [2.75, 3.05) is 19.7 Å². The topological polar surface area (TPSA) is 51.7 Å². The molecule has 0 saturated carbocycles. The van der Waals surface area contributed by atoms with E-state index in [9.17, 15) is 4.79 Å². The van der Waals surface area contributed by atoms with E-state index in [1.807, 2.05) is 41.5 Å². The van der Waals surface area contributed by atoms with Crippen LogP contribution in [-0.2, 0) is 16.0 Å². The number of aromatic nitrogens is 1. The van der Waals surface area contributed by atoms with Gasteiger partial charge in [0, 0.05) is 43.1 Å². The first-order valence-electron chi connectivity index (χ1n) is 9.65. The predicted molar refractivity (Wildman–Crippen MR) is 105 cm³/mol. The average molecular weight is 387 g/mol. The normalized spacial score (nSPS) is 22.0. The van der Waals surface area contributed by atoms with E-state index in [2.05, 4.69) is 4.98 Å². The number of carbonyl (C=O) groups is 1. The zero-order valence-electron chi connectivity index (χ0n) is 15.7. The lowest BCUT2D eigenvalue weighted by Crippen LogP contribution is -2.52. The first-order valence-corrected chi connectivity index (χ1v) is 10.5. The molecule has 1 unspecified atom stereocenters. The fourth-order valence-corrected chi connectivity index (χ4v) is 4.71. The van der Waals surface area contributed by atoms with Crippen LogP contribution in [-0.4, -0.2) is 47.2 Å². The van der Waals surface area contributed by atoms with Crippen molar-refractivity contribution < 1.29 is 14.3 Å². The highest BCUT2D eigenvalue weighted by molar-refractivity contribution is 7.10. The number of carbonyl (C=O) groups excluding carboxylic acids is 1. The van der Waals surface area contributed by atoms with Crippen LogP contribution in [0.4, 0.5) is 0 Å². The molecule has 2 aliphatic rings. The Hall–Kier alpha value is -1.92. The lowest BCUT2D eigenvalue weighted by Gasteiger charge is -2.45. The standard InChI is InChI=1S/C21H26N2O3S/c1-16-4-8-22-19(13-16)26-17-5-11-25-21(15-17)6-9-23(10-7-21)20(24)14-18-3-2-12-27-18/h2-4,8,12-13,17H,5-7,9-11,14-15H2,1H3. The Morgan fingerprint density at radius 3 is 3.00 bits per heavy atom. The molecule has 4 rings (SSSR count). The highest BCUT2D eigenvalue weighted by Gasteiger charge is 2.42. The summed E-state index contributed by atoms with van der Waals surface area (Å²) in [7, 11) is 0. The summed E-state index contributed by atoms with van der Waals surface area (Å²) in [5, 5.41) is 2.02. The van der Waals surface area contributed by atoms with E-state index >= 15 is 0 Å². The van der Waals surface area contributed by atoms with Crippen LogP contribution in [0.3, 0.4) is 0 Å². The summed E-state index contributed by atoms with van der Waals surface area (Å²) in [6.07, 6.45) is 5.94. The molecule has 6 heteroatoms. The Morgan fingerprint density at radius 1 is 1.41 bits per heavy atom. The maximum atomic E-state index is 12.5. The molecule has 1 amide bonds. The summed E-state index contributed by atoms with van der Waals surface area (Å²) >= 11 is 1.64. The van der Waals surface area contributed by atoms with Gasteiger partial charge in [-0.05, 0) is 42.8 Å². The Morgan fingerprint density at radius 2 is 2.26 bits per heavy atom. The van der Waals surface area contributed by atoms with Crippen LogP contribution in [0.15, 0.2) is 35.8 Å². The molecule has 0 radical (unpaired) electrons. The van der Waals surface area contributed by atoms with Crippen molar-refractivity contribution in [3.63, 3.8) is 0 Å². The van der Waals surface area contributed by atoms with Crippen LogP contribution in [0, 0.1) is 6.92 Å². The van der Waals surface area contributed by atoms with Crippen LogP contribution >= 0.6 is 11.3 Å². The third-order valence-electron chi connectivity index (χ3n) is 5.56. The number of hydrogen-bond acceptors (Lipinski definition) is 5. The summed E-state index contributed by atoms with van der Waals surface area (Å²) in [5.74, 6) is 0.917. The van der Waals surface area contributed by atoms with E-state index < -0.39 is 0 Å². The fraction of sp³-hybridized carbons (Fsp3) is 0.524. The van der Waals surface area contributed by atoms with Crippen molar-refractivity contribution in [3.05, 3.63) is 46.3 Å². The van der Waals surface area contributed by atoms with Crippen molar-refractivity contribution in [2.45, 2.75) is 50.7 Å². The molecule has 0 N–H and O–H groups in total. The molecule has 144 valence electrons. The molecule has 0 aliphatic carbocycles. The Labute approximate surface area is 164 Å². The molecule has 2 fully saturated rings. The Bertz CT molecular complexity index is 769. The number of pyridine rings is 1. The molecule has 0 aromatic carbocycles. The third kappa shape index (κ3) is 4.50. The van der Waals surface area contributed by atoms with Gasteiger partial charge in [-0.25, -0.2) is 4.98 Å². The van der Waals surface area contributed by atoms with Gasteiger partial charge in [0.15, 0.2) is 0 Å². The van der Waals surface area contributed by atoms with E-state index in [-0.39, 0.29) is 17.6 Å². The number of hydrogen-bond donors (Lipinski definition) is 0. The van der Waals surface area contributed by atoms with Crippen LogP contribution < -0.4 is 4.74 Å². The quantitative estimate of drug-likeness (QED) is 0.805. The monoisotopic (exact) mass is 386 g/mol. The number of amides is 1.